The zero-order chi connectivity index (χ0) is 10.8. The topological polar surface area (TPSA) is 24.7 Å². The van der Waals surface area contributed by atoms with Gasteiger partial charge in [-0.1, -0.05) is 31.4 Å². The number of rotatable bonds is 5. The van der Waals surface area contributed by atoms with E-state index in [0.29, 0.717) is 0 Å². The summed E-state index contributed by atoms with van der Waals surface area (Å²) in [6, 6.07) is 0. The zero-order valence-corrected chi connectivity index (χ0v) is 8.77. The second kappa shape index (κ2) is 7.92. The Balaban J connectivity index is 4.96. The van der Waals surface area contributed by atoms with Crippen LogP contribution in [-0.2, 0) is 0 Å². The highest BCUT2D eigenvalue weighted by Crippen LogP contribution is 2.02. The summed E-state index contributed by atoms with van der Waals surface area (Å²) in [7, 11) is 1.73. The molecule has 14 heavy (non-hydrogen) atoms. The van der Waals surface area contributed by atoms with Gasteiger partial charge < -0.3 is 0 Å². The summed E-state index contributed by atoms with van der Waals surface area (Å²) in [5.74, 6) is 0. The normalized spacial score (nSPS) is 13.9. The van der Waals surface area contributed by atoms with Gasteiger partial charge in [0.2, 0.25) is 0 Å². The molecule has 0 aromatic heterocycles. The molecule has 0 atom stereocenters. The van der Waals surface area contributed by atoms with E-state index in [-0.39, 0.29) is 0 Å². The van der Waals surface area contributed by atoms with Crippen molar-refractivity contribution >= 4 is 11.9 Å². The Morgan fingerprint density at radius 1 is 1.21 bits per heavy atom. The van der Waals surface area contributed by atoms with Crippen molar-refractivity contribution in [3.8, 4) is 0 Å². The molecule has 0 rings (SSSR count). The lowest BCUT2D eigenvalue weighted by Gasteiger charge is -1.99. The van der Waals surface area contributed by atoms with Crippen molar-refractivity contribution in [2.75, 3.05) is 7.05 Å². The molecule has 0 fully saturated rings. The van der Waals surface area contributed by atoms with Gasteiger partial charge in [-0.3, -0.25) is 9.98 Å². The Hall–Kier alpha value is -1.70. The van der Waals surface area contributed by atoms with Crippen LogP contribution in [0.4, 0.5) is 0 Å². The van der Waals surface area contributed by atoms with Crippen LogP contribution in [0.5, 0.6) is 0 Å². The van der Waals surface area contributed by atoms with Gasteiger partial charge in [0.15, 0.2) is 0 Å². The zero-order valence-electron chi connectivity index (χ0n) is 8.77. The van der Waals surface area contributed by atoms with Gasteiger partial charge >= 0.3 is 0 Å². The van der Waals surface area contributed by atoms with Crippen molar-refractivity contribution in [3.63, 3.8) is 0 Å². The van der Waals surface area contributed by atoms with Gasteiger partial charge in [0.05, 0.1) is 11.4 Å². The van der Waals surface area contributed by atoms with Crippen LogP contribution in [-0.4, -0.2) is 19.0 Å². The number of allylic oxidation sites excluding steroid dienone is 5. The molecule has 74 valence electrons. The third-order valence-electron chi connectivity index (χ3n) is 1.44. The van der Waals surface area contributed by atoms with Crippen molar-refractivity contribution in [3.05, 3.63) is 49.2 Å². The Kier molecular flexibility index (Phi) is 6.96. The molecule has 0 unspecified atom stereocenters. The van der Waals surface area contributed by atoms with Gasteiger partial charge in [-0.2, -0.15) is 0 Å². The predicted octanol–water partition coefficient (Wildman–Crippen LogP) is 2.96. The molecule has 0 aliphatic heterocycles. The molecule has 0 spiro atoms. The second-order valence-electron chi connectivity index (χ2n) is 2.38. The Morgan fingerprint density at radius 2 is 1.93 bits per heavy atom. The van der Waals surface area contributed by atoms with Crippen molar-refractivity contribution in [1.29, 1.82) is 0 Å². The molecular formula is C12H16N2. The van der Waals surface area contributed by atoms with Gasteiger partial charge in [0.25, 0.3) is 0 Å². The second-order valence-corrected chi connectivity index (χ2v) is 2.38. The standard InChI is InChI=1S/C12H16N2/c1-5-8-10-11(13-4)12(9-6-2)14-7-3/h5-10H,1-2H2,3-4H3/b10-8-,12-9-,13-11?,14-7?. The molecular weight excluding hydrogens is 172 g/mol. The first-order valence-corrected chi connectivity index (χ1v) is 4.37. The van der Waals surface area contributed by atoms with Crippen LogP contribution in [0.2, 0.25) is 0 Å². The monoisotopic (exact) mass is 188 g/mol. The number of hydrogen-bond donors (Lipinski definition) is 0. The lowest BCUT2D eigenvalue weighted by atomic mass is 10.2. The predicted molar refractivity (Wildman–Crippen MR) is 65.1 cm³/mol. The quantitative estimate of drug-likeness (QED) is 0.468. The third-order valence-corrected chi connectivity index (χ3v) is 1.44. The molecule has 2 nitrogen and oxygen atoms in total. The molecule has 0 N–H and O–H groups in total. The van der Waals surface area contributed by atoms with E-state index < -0.39 is 0 Å². The van der Waals surface area contributed by atoms with Crippen LogP contribution in [0.15, 0.2) is 59.2 Å². The first-order chi connectivity index (χ1) is 6.79. The molecule has 0 aromatic rings. The minimum atomic E-state index is 0.795. The maximum Gasteiger partial charge on any atom is 0.0877 e. The number of aliphatic imine (C=N–C) groups is 2. The van der Waals surface area contributed by atoms with Crippen LogP contribution in [0.25, 0.3) is 0 Å². The molecule has 0 saturated heterocycles. The van der Waals surface area contributed by atoms with Gasteiger partial charge in [0.1, 0.15) is 0 Å². The minimum absolute atomic E-state index is 0.795. The van der Waals surface area contributed by atoms with Gasteiger partial charge in [0, 0.05) is 13.3 Å². The van der Waals surface area contributed by atoms with E-state index >= 15 is 0 Å². The fourth-order valence-corrected chi connectivity index (χ4v) is 0.879. The van der Waals surface area contributed by atoms with E-state index in [9.17, 15) is 0 Å². The van der Waals surface area contributed by atoms with E-state index in [2.05, 4.69) is 23.1 Å². The largest absolute Gasteiger partial charge is 0.286 e. The van der Waals surface area contributed by atoms with Crippen molar-refractivity contribution in [2.24, 2.45) is 9.98 Å². The van der Waals surface area contributed by atoms with E-state index in [1.807, 2.05) is 25.2 Å². The average Bonchev–Trinajstić information content (AvgIpc) is 2.19. The molecule has 0 bridgehead atoms. The Morgan fingerprint density at radius 3 is 2.36 bits per heavy atom. The maximum atomic E-state index is 4.19. The van der Waals surface area contributed by atoms with Crippen LogP contribution in [0.3, 0.4) is 0 Å². The van der Waals surface area contributed by atoms with E-state index in [0.717, 1.165) is 11.4 Å². The Labute approximate surface area is 85.8 Å². The van der Waals surface area contributed by atoms with Crippen LogP contribution < -0.4 is 0 Å². The van der Waals surface area contributed by atoms with Crippen molar-refractivity contribution in [1.82, 2.24) is 0 Å². The first-order valence-electron chi connectivity index (χ1n) is 4.37. The van der Waals surface area contributed by atoms with E-state index in [1.165, 1.54) is 0 Å². The number of hydrogen-bond acceptors (Lipinski definition) is 2. The van der Waals surface area contributed by atoms with E-state index in [1.54, 1.807) is 25.4 Å². The Bertz CT molecular complexity index is 304. The van der Waals surface area contributed by atoms with Crippen molar-refractivity contribution in [2.45, 2.75) is 6.92 Å². The highest BCUT2D eigenvalue weighted by Gasteiger charge is 1.97. The fourth-order valence-electron chi connectivity index (χ4n) is 0.879. The minimum Gasteiger partial charge on any atom is -0.286 e. The number of nitrogens with zero attached hydrogens (tertiary/aromatic N) is 2. The molecule has 0 heterocycles. The molecule has 0 radical (unpaired) electrons. The van der Waals surface area contributed by atoms with E-state index in [4.69, 9.17) is 0 Å². The third kappa shape index (κ3) is 4.36. The molecule has 0 saturated carbocycles. The SMILES string of the molecule is C=C/C=C\C(=NC)/C(=C/C=C)N=CC. The van der Waals surface area contributed by atoms with Crippen LogP contribution in [0, 0.1) is 0 Å². The highest BCUT2D eigenvalue weighted by atomic mass is 14.8. The molecule has 0 aliphatic rings. The lowest BCUT2D eigenvalue weighted by molar-refractivity contribution is 1.38. The molecule has 0 amide bonds. The lowest BCUT2D eigenvalue weighted by Crippen LogP contribution is -1.96. The molecule has 0 aromatic carbocycles. The summed E-state index contributed by atoms with van der Waals surface area (Å²) in [6.07, 6.45) is 10.6. The fraction of sp³-hybridized carbons (Fsp3) is 0.167. The maximum absolute atomic E-state index is 4.19. The smallest absolute Gasteiger partial charge is 0.0877 e. The summed E-state index contributed by atoms with van der Waals surface area (Å²) in [5.41, 5.74) is 1.60. The first kappa shape index (κ1) is 12.3. The summed E-state index contributed by atoms with van der Waals surface area (Å²) in [4.78, 5) is 8.30. The molecule has 0 aliphatic carbocycles. The highest BCUT2D eigenvalue weighted by molar-refractivity contribution is 6.09. The van der Waals surface area contributed by atoms with Crippen molar-refractivity contribution < 1.29 is 0 Å². The average molecular weight is 188 g/mol. The molecule has 2 heteroatoms. The van der Waals surface area contributed by atoms with Gasteiger partial charge in [-0.05, 0) is 19.1 Å². The summed E-state index contributed by atoms with van der Waals surface area (Å²) in [5, 5.41) is 0. The van der Waals surface area contributed by atoms with Crippen LogP contribution in [0.1, 0.15) is 6.92 Å². The van der Waals surface area contributed by atoms with Gasteiger partial charge in [-0.15, -0.1) is 0 Å². The summed E-state index contributed by atoms with van der Waals surface area (Å²) >= 11 is 0. The summed E-state index contributed by atoms with van der Waals surface area (Å²) < 4.78 is 0. The van der Waals surface area contributed by atoms with Crippen LogP contribution >= 0.6 is 0 Å². The van der Waals surface area contributed by atoms with Gasteiger partial charge in [-0.25, -0.2) is 0 Å². The summed E-state index contributed by atoms with van der Waals surface area (Å²) in [6.45, 7) is 9.09.